The van der Waals surface area contributed by atoms with Crippen molar-refractivity contribution in [3.63, 3.8) is 0 Å². The normalized spacial score (nSPS) is 12.8. The molecule has 0 heterocycles. The van der Waals surface area contributed by atoms with E-state index in [2.05, 4.69) is 43.4 Å². The van der Waals surface area contributed by atoms with Crippen LogP contribution in [0.15, 0.2) is 24.3 Å². The molecule has 0 aromatic heterocycles. The van der Waals surface area contributed by atoms with Crippen LogP contribution in [0, 0.1) is 0 Å². The number of primary amides is 1. The van der Waals surface area contributed by atoms with Crippen molar-refractivity contribution in [2.45, 2.75) is 39.3 Å². The van der Waals surface area contributed by atoms with Crippen LogP contribution in [0.3, 0.4) is 0 Å². The van der Waals surface area contributed by atoms with Gasteiger partial charge in [0, 0.05) is 6.54 Å². The fourth-order valence-corrected chi connectivity index (χ4v) is 1.39. The van der Waals surface area contributed by atoms with Gasteiger partial charge in [-0.15, -0.1) is 0 Å². The van der Waals surface area contributed by atoms with Crippen LogP contribution in [0.4, 0.5) is 0 Å². The molecule has 0 bridgehead atoms. The Morgan fingerprint density at radius 3 is 2.25 bits per heavy atom. The van der Waals surface area contributed by atoms with E-state index in [0.29, 0.717) is 12.5 Å². The minimum Gasteiger partial charge on any atom is -0.368 e. The Bertz CT molecular complexity index is 343. The third-order valence-corrected chi connectivity index (χ3v) is 2.69. The van der Waals surface area contributed by atoms with Crippen molar-refractivity contribution in [1.29, 1.82) is 0 Å². The molecule has 0 aliphatic carbocycles. The summed E-state index contributed by atoms with van der Waals surface area (Å²) in [5, 5.41) is 3.07. The molecular formula is C13H20N2O. The van der Waals surface area contributed by atoms with E-state index in [-0.39, 0.29) is 11.9 Å². The van der Waals surface area contributed by atoms with E-state index in [4.69, 9.17) is 5.73 Å². The molecule has 1 unspecified atom stereocenters. The van der Waals surface area contributed by atoms with Crippen LogP contribution in [0.1, 0.15) is 37.8 Å². The highest BCUT2D eigenvalue weighted by molar-refractivity contribution is 5.79. The van der Waals surface area contributed by atoms with Crippen LogP contribution in [-0.2, 0) is 11.3 Å². The molecule has 1 amide bonds. The summed E-state index contributed by atoms with van der Waals surface area (Å²) in [5.74, 6) is 0.227. The predicted molar refractivity (Wildman–Crippen MR) is 66.0 cm³/mol. The van der Waals surface area contributed by atoms with Gasteiger partial charge < -0.3 is 11.1 Å². The third kappa shape index (κ3) is 3.66. The van der Waals surface area contributed by atoms with E-state index in [1.807, 2.05) is 0 Å². The predicted octanol–water partition coefficient (Wildman–Crippen LogP) is 1.77. The fraction of sp³-hybridized carbons (Fsp3) is 0.462. The van der Waals surface area contributed by atoms with E-state index in [1.54, 1.807) is 6.92 Å². The zero-order valence-corrected chi connectivity index (χ0v) is 10.2. The van der Waals surface area contributed by atoms with E-state index in [1.165, 1.54) is 5.56 Å². The van der Waals surface area contributed by atoms with Gasteiger partial charge in [0.2, 0.25) is 5.91 Å². The average Bonchev–Trinajstić information content (AvgIpc) is 2.26. The van der Waals surface area contributed by atoms with E-state index in [0.717, 1.165) is 5.56 Å². The van der Waals surface area contributed by atoms with Gasteiger partial charge in [-0.25, -0.2) is 0 Å². The molecule has 1 aromatic carbocycles. The number of amides is 1. The maximum Gasteiger partial charge on any atom is 0.234 e. The van der Waals surface area contributed by atoms with Crippen molar-refractivity contribution in [2.24, 2.45) is 5.73 Å². The highest BCUT2D eigenvalue weighted by Gasteiger charge is 2.07. The first-order chi connectivity index (χ1) is 7.50. The minimum atomic E-state index is -0.321. The first-order valence-corrected chi connectivity index (χ1v) is 5.62. The topological polar surface area (TPSA) is 55.1 Å². The van der Waals surface area contributed by atoms with Crippen molar-refractivity contribution in [1.82, 2.24) is 5.32 Å². The Morgan fingerprint density at radius 2 is 1.81 bits per heavy atom. The smallest absolute Gasteiger partial charge is 0.234 e. The minimum absolute atomic E-state index is 0.287. The summed E-state index contributed by atoms with van der Waals surface area (Å²) in [7, 11) is 0. The number of hydrogen-bond acceptors (Lipinski definition) is 2. The summed E-state index contributed by atoms with van der Waals surface area (Å²) in [6.45, 7) is 6.78. The second-order valence-corrected chi connectivity index (χ2v) is 4.40. The molecule has 3 N–H and O–H groups in total. The van der Waals surface area contributed by atoms with Crippen LogP contribution >= 0.6 is 0 Å². The van der Waals surface area contributed by atoms with Crippen LogP contribution in [0.25, 0.3) is 0 Å². The molecule has 3 heteroatoms. The lowest BCUT2D eigenvalue weighted by Crippen LogP contribution is -2.38. The molecule has 0 saturated carbocycles. The summed E-state index contributed by atoms with van der Waals surface area (Å²) in [6, 6.07) is 8.11. The van der Waals surface area contributed by atoms with Gasteiger partial charge in [-0.2, -0.15) is 0 Å². The zero-order valence-electron chi connectivity index (χ0n) is 10.2. The number of nitrogens with two attached hydrogens (primary N) is 1. The summed E-state index contributed by atoms with van der Waals surface area (Å²) >= 11 is 0. The SMILES string of the molecule is CC(NCc1ccc(C(C)C)cc1)C(N)=O. The molecule has 0 aliphatic heterocycles. The Labute approximate surface area is 97.0 Å². The van der Waals surface area contributed by atoms with Crippen LogP contribution < -0.4 is 11.1 Å². The van der Waals surface area contributed by atoms with E-state index in [9.17, 15) is 4.79 Å². The quantitative estimate of drug-likeness (QED) is 0.794. The van der Waals surface area contributed by atoms with Crippen LogP contribution in [0.2, 0.25) is 0 Å². The highest BCUT2D eigenvalue weighted by Crippen LogP contribution is 2.14. The molecule has 0 fully saturated rings. The van der Waals surface area contributed by atoms with Crippen LogP contribution in [0.5, 0.6) is 0 Å². The van der Waals surface area contributed by atoms with Crippen molar-refractivity contribution < 1.29 is 4.79 Å². The molecule has 0 radical (unpaired) electrons. The molecule has 0 spiro atoms. The lowest BCUT2D eigenvalue weighted by atomic mass is 10.0. The summed E-state index contributed by atoms with van der Waals surface area (Å²) < 4.78 is 0. The number of rotatable bonds is 5. The zero-order chi connectivity index (χ0) is 12.1. The largest absolute Gasteiger partial charge is 0.368 e. The van der Waals surface area contributed by atoms with Gasteiger partial charge in [-0.1, -0.05) is 38.1 Å². The van der Waals surface area contributed by atoms with Gasteiger partial charge >= 0.3 is 0 Å². The van der Waals surface area contributed by atoms with Crippen molar-refractivity contribution in [3.8, 4) is 0 Å². The number of hydrogen-bond donors (Lipinski definition) is 2. The Morgan fingerprint density at radius 1 is 1.25 bits per heavy atom. The Balaban J connectivity index is 2.52. The molecule has 1 atom stereocenters. The van der Waals surface area contributed by atoms with Gasteiger partial charge in [0.1, 0.15) is 0 Å². The second kappa shape index (κ2) is 5.66. The first kappa shape index (κ1) is 12.7. The van der Waals surface area contributed by atoms with Gasteiger partial charge in [-0.3, -0.25) is 4.79 Å². The number of nitrogens with one attached hydrogen (secondary N) is 1. The maximum absolute atomic E-state index is 10.8. The van der Waals surface area contributed by atoms with Crippen molar-refractivity contribution >= 4 is 5.91 Å². The first-order valence-electron chi connectivity index (χ1n) is 5.62. The molecule has 88 valence electrons. The van der Waals surface area contributed by atoms with Crippen molar-refractivity contribution in [3.05, 3.63) is 35.4 Å². The highest BCUT2D eigenvalue weighted by atomic mass is 16.1. The van der Waals surface area contributed by atoms with E-state index < -0.39 is 0 Å². The molecule has 3 nitrogen and oxygen atoms in total. The molecule has 0 saturated heterocycles. The third-order valence-electron chi connectivity index (χ3n) is 2.69. The maximum atomic E-state index is 10.8. The van der Waals surface area contributed by atoms with Gasteiger partial charge in [0.25, 0.3) is 0 Å². The lowest BCUT2D eigenvalue weighted by Gasteiger charge is -2.11. The molecule has 1 rings (SSSR count). The Kier molecular flexibility index (Phi) is 4.50. The number of benzene rings is 1. The van der Waals surface area contributed by atoms with Gasteiger partial charge in [0.15, 0.2) is 0 Å². The van der Waals surface area contributed by atoms with Gasteiger partial charge in [-0.05, 0) is 24.0 Å². The summed E-state index contributed by atoms with van der Waals surface area (Å²) in [6.07, 6.45) is 0. The molecule has 1 aromatic rings. The Hall–Kier alpha value is -1.35. The summed E-state index contributed by atoms with van der Waals surface area (Å²) in [5.41, 5.74) is 7.65. The number of carbonyl (C=O) groups excluding carboxylic acids is 1. The van der Waals surface area contributed by atoms with E-state index >= 15 is 0 Å². The van der Waals surface area contributed by atoms with Crippen LogP contribution in [-0.4, -0.2) is 11.9 Å². The molecule has 0 aliphatic rings. The average molecular weight is 220 g/mol. The fourth-order valence-electron chi connectivity index (χ4n) is 1.39. The lowest BCUT2D eigenvalue weighted by molar-refractivity contribution is -0.119. The number of carbonyl (C=O) groups is 1. The summed E-state index contributed by atoms with van der Waals surface area (Å²) in [4.78, 5) is 10.8. The second-order valence-electron chi connectivity index (χ2n) is 4.40. The standard InChI is InChI=1S/C13H20N2O/c1-9(2)12-6-4-11(5-7-12)8-15-10(3)13(14)16/h4-7,9-10,15H,8H2,1-3H3,(H2,14,16). The monoisotopic (exact) mass is 220 g/mol. The van der Waals surface area contributed by atoms with Gasteiger partial charge in [0.05, 0.1) is 6.04 Å². The van der Waals surface area contributed by atoms with Crippen molar-refractivity contribution in [2.75, 3.05) is 0 Å². The molecule has 16 heavy (non-hydrogen) atoms. The molecular weight excluding hydrogens is 200 g/mol.